The number of aromatic nitrogens is 2. The maximum Gasteiger partial charge on any atom is 0.128 e. The second-order valence-electron chi connectivity index (χ2n) is 5.07. The van der Waals surface area contributed by atoms with Gasteiger partial charge < -0.3 is 10.1 Å². The summed E-state index contributed by atoms with van der Waals surface area (Å²) in [5.41, 5.74) is 3.06. The van der Waals surface area contributed by atoms with Gasteiger partial charge >= 0.3 is 0 Å². The Morgan fingerprint density at radius 1 is 1.25 bits per heavy atom. The number of piperidine rings is 1. The van der Waals surface area contributed by atoms with Crippen molar-refractivity contribution in [2.45, 2.75) is 18.8 Å². The number of ether oxygens (including phenoxy) is 1. The molecule has 4 heteroatoms. The lowest BCUT2D eigenvalue weighted by Crippen LogP contribution is -2.28. The molecule has 1 aromatic heterocycles. The van der Waals surface area contributed by atoms with Crippen molar-refractivity contribution in [1.82, 2.24) is 15.3 Å². The minimum absolute atomic E-state index is 0.486. The zero-order valence-electron chi connectivity index (χ0n) is 11.7. The monoisotopic (exact) mass is 269 g/mol. The van der Waals surface area contributed by atoms with Crippen LogP contribution >= 0.6 is 0 Å². The number of hydrogen-bond acceptors (Lipinski definition) is 4. The first kappa shape index (κ1) is 13.1. The molecule has 0 bridgehead atoms. The first-order valence-electron chi connectivity index (χ1n) is 7.04. The third-order valence-corrected chi connectivity index (χ3v) is 3.79. The number of para-hydroxylation sites is 1. The molecule has 1 saturated heterocycles. The number of nitrogens with one attached hydrogen (secondary N) is 1. The van der Waals surface area contributed by atoms with Gasteiger partial charge in [0, 0.05) is 23.7 Å². The van der Waals surface area contributed by atoms with Gasteiger partial charge in [0.1, 0.15) is 12.1 Å². The Kier molecular flexibility index (Phi) is 3.92. The van der Waals surface area contributed by atoms with Crippen LogP contribution in [-0.2, 0) is 0 Å². The Bertz CT molecular complexity index is 579. The van der Waals surface area contributed by atoms with Crippen LogP contribution in [-0.4, -0.2) is 30.2 Å². The zero-order valence-corrected chi connectivity index (χ0v) is 11.7. The van der Waals surface area contributed by atoms with E-state index in [9.17, 15) is 0 Å². The van der Waals surface area contributed by atoms with Crippen LogP contribution in [0.3, 0.4) is 0 Å². The van der Waals surface area contributed by atoms with Gasteiger partial charge in [-0.15, -0.1) is 0 Å². The lowest BCUT2D eigenvalue weighted by molar-refractivity contribution is 0.416. The molecule has 0 spiro atoms. The fraction of sp³-hybridized carbons (Fsp3) is 0.375. The Balaban J connectivity index is 1.94. The first-order valence-corrected chi connectivity index (χ1v) is 7.04. The molecule has 104 valence electrons. The highest BCUT2D eigenvalue weighted by Crippen LogP contribution is 2.30. The van der Waals surface area contributed by atoms with Gasteiger partial charge in [-0.1, -0.05) is 12.1 Å². The summed E-state index contributed by atoms with van der Waals surface area (Å²) in [6.07, 6.45) is 4.06. The third-order valence-electron chi connectivity index (χ3n) is 3.79. The molecule has 0 amide bonds. The summed E-state index contributed by atoms with van der Waals surface area (Å²) in [4.78, 5) is 8.85. The highest BCUT2D eigenvalue weighted by Gasteiger charge is 2.17. The highest BCUT2D eigenvalue weighted by atomic mass is 16.5. The summed E-state index contributed by atoms with van der Waals surface area (Å²) in [6.45, 7) is 2.11. The van der Waals surface area contributed by atoms with Gasteiger partial charge in [-0.2, -0.15) is 0 Å². The van der Waals surface area contributed by atoms with Gasteiger partial charge in [-0.3, -0.25) is 0 Å². The topological polar surface area (TPSA) is 47.0 Å². The molecule has 20 heavy (non-hydrogen) atoms. The number of benzene rings is 1. The van der Waals surface area contributed by atoms with Crippen molar-refractivity contribution >= 4 is 0 Å². The fourth-order valence-corrected chi connectivity index (χ4v) is 2.70. The van der Waals surface area contributed by atoms with Crippen LogP contribution in [0.15, 0.2) is 36.7 Å². The van der Waals surface area contributed by atoms with Crippen LogP contribution in [0.25, 0.3) is 11.3 Å². The molecule has 1 atom stereocenters. The molecule has 0 saturated carbocycles. The minimum Gasteiger partial charge on any atom is -0.496 e. The van der Waals surface area contributed by atoms with Crippen molar-refractivity contribution in [3.05, 3.63) is 42.4 Å². The van der Waals surface area contributed by atoms with E-state index in [1.165, 1.54) is 12.8 Å². The molecular formula is C16H19N3O. The van der Waals surface area contributed by atoms with E-state index in [1.807, 2.05) is 24.3 Å². The molecule has 4 nitrogen and oxygen atoms in total. The summed E-state index contributed by atoms with van der Waals surface area (Å²) in [5.74, 6) is 1.33. The van der Waals surface area contributed by atoms with Crippen molar-refractivity contribution in [3.8, 4) is 17.0 Å². The summed E-state index contributed by atoms with van der Waals surface area (Å²) in [5, 5.41) is 3.43. The van der Waals surface area contributed by atoms with E-state index in [0.29, 0.717) is 5.92 Å². The van der Waals surface area contributed by atoms with Gasteiger partial charge in [0.2, 0.25) is 0 Å². The fourth-order valence-electron chi connectivity index (χ4n) is 2.70. The highest BCUT2D eigenvalue weighted by molar-refractivity contribution is 5.67. The predicted molar refractivity (Wildman–Crippen MR) is 78.9 cm³/mol. The van der Waals surface area contributed by atoms with Crippen molar-refractivity contribution in [3.63, 3.8) is 0 Å². The molecule has 1 aliphatic rings. The smallest absolute Gasteiger partial charge is 0.128 e. The molecule has 0 aliphatic carbocycles. The average Bonchev–Trinajstić information content (AvgIpc) is 2.56. The minimum atomic E-state index is 0.486. The Morgan fingerprint density at radius 2 is 2.15 bits per heavy atom. The van der Waals surface area contributed by atoms with Crippen molar-refractivity contribution in [2.24, 2.45) is 0 Å². The van der Waals surface area contributed by atoms with E-state index >= 15 is 0 Å². The van der Waals surface area contributed by atoms with E-state index in [0.717, 1.165) is 35.8 Å². The van der Waals surface area contributed by atoms with Gasteiger partial charge in [-0.05, 0) is 37.6 Å². The van der Waals surface area contributed by atoms with Crippen LogP contribution < -0.4 is 10.1 Å². The number of methoxy groups -OCH3 is 1. The lowest BCUT2D eigenvalue weighted by Gasteiger charge is -2.22. The van der Waals surface area contributed by atoms with E-state index in [2.05, 4.69) is 21.4 Å². The van der Waals surface area contributed by atoms with Crippen molar-refractivity contribution in [1.29, 1.82) is 0 Å². The second kappa shape index (κ2) is 6.01. The molecule has 1 N–H and O–H groups in total. The van der Waals surface area contributed by atoms with Gasteiger partial charge in [0.05, 0.1) is 12.8 Å². The quantitative estimate of drug-likeness (QED) is 0.930. The summed E-state index contributed by atoms with van der Waals surface area (Å²) in [6, 6.07) is 10.1. The summed E-state index contributed by atoms with van der Waals surface area (Å²) in [7, 11) is 1.69. The SMILES string of the molecule is COc1ccccc1-c1cc(C2CCCNC2)ncn1. The van der Waals surface area contributed by atoms with Crippen LogP contribution in [0.5, 0.6) is 5.75 Å². The number of hydrogen-bond donors (Lipinski definition) is 1. The van der Waals surface area contributed by atoms with Gasteiger partial charge in [-0.25, -0.2) is 9.97 Å². The van der Waals surface area contributed by atoms with Crippen LogP contribution in [0.4, 0.5) is 0 Å². The van der Waals surface area contributed by atoms with Crippen LogP contribution in [0.1, 0.15) is 24.5 Å². The maximum absolute atomic E-state index is 5.41. The second-order valence-corrected chi connectivity index (χ2v) is 5.07. The molecular weight excluding hydrogens is 250 g/mol. The molecule has 1 aromatic carbocycles. The van der Waals surface area contributed by atoms with Gasteiger partial charge in [0.25, 0.3) is 0 Å². The van der Waals surface area contributed by atoms with Gasteiger partial charge in [0.15, 0.2) is 0 Å². The molecule has 2 heterocycles. The van der Waals surface area contributed by atoms with Crippen molar-refractivity contribution in [2.75, 3.05) is 20.2 Å². The van der Waals surface area contributed by atoms with E-state index in [-0.39, 0.29) is 0 Å². The van der Waals surface area contributed by atoms with E-state index in [1.54, 1.807) is 13.4 Å². The van der Waals surface area contributed by atoms with Crippen molar-refractivity contribution < 1.29 is 4.74 Å². The van der Waals surface area contributed by atoms with E-state index < -0.39 is 0 Å². The number of nitrogens with zero attached hydrogens (tertiary/aromatic N) is 2. The first-order chi connectivity index (χ1) is 9.88. The molecule has 0 radical (unpaired) electrons. The zero-order chi connectivity index (χ0) is 13.8. The molecule has 1 fully saturated rings. The molecule has 1 aliphatic heterocycles. The standard InChI is InChI=1S/C16H19N3O/c1-20-16-7-3-2-6-13(16)15-9-14(18-11-19-15)12-5-4-8-17-10-12/h2-3,6-7,9,11-12,17H,4-5,8,10H2,1H3. The molecule has 3 rings (SSSR count). The number of rotatable bonds is 3. The Morgan fingerprint density at radius 3 is 2.95 bits per heavy atom. The molecule has 1 unspecified atom stereocenters. The lowest BCUT2D eigenvalue weighted by atomic mass is 9.95. The normalized spacial score (nSPS) is 18.8. The maximum atomic E-state index is 5.41. The predicted octanol–water partition coefficient (Wildman–Crippen LogP) is 2.62. The third kappa shape index (κ3) is 2.65. The average molecular weight is 269 g/mol. The summed E-state index contributed by atoms with van der Waals surface area (Å²) < 4.78 is 5.41. The summed E-state index contributed by atoms with van der Waals surface area (Å²) >= 11 is 0. The Labute approximate surface area is 119 Å². The van der Waals surface area contributed by atoms with Crippen LogP contribution in [0.2, 0.25) is 0 Å². The largest absolute Gasteiger partial charge is 0.496 e. The van der Waals surface area contributed by atoms with Crippen LogP contribution in [0, 0.1) is 0 Å². The van der Waals surface area contributed by atoms with E-state index in [4.69, 9.17) is 4.74 Å². The Hall–Kier alpha value is -1.94. The molecule has 2 aromatic rings.